The highest BCUT2D eigenvalue weighted by Crippen LogP contribution is 2.58. The Labute approximate surface area is 171 Å². The van der Waals surface area contributed by atoms with Crippen molar-refractivity contribution in [3.8, 4) is 23.0 Å². The van der Waals surface area contributed by atoms with Crippen LogP contribution in [0.4, 0.5) is 0 Å². The van der Waals surface area contributed by atoms with Crippen molar-refractivity contribution in [3.05, 3.63) is 83.4 Å². The van der Waals surface area contributed by atoms with Gasteiger partial charge in [-0.05, 0) is 42.1 Å². The van der Waals surface area contributed by atoms with Crippen LogP contribution in [0.5, 0.6) is 23.0 Å². The summed E-state index contributed by atoms with van der Waals surface area (Å²) in [6.45, 7) is 1.83. The lowest BCUT2D eigenvalue weighted by Crippen LogP contribution is -2.33. The molecule has 5 heteroatoms. The molecule has 1 spiro atoms. The summed E-state index contributed by atoms with van der Waals surface area (Å²) in [7, 11) is 0. The number of aromatic hydroxyl groups is 2. The molecule has 5 nitrogen and oxygen atoms in total. The van der Waals surface area contributed by atoms with Crippen molar-refractivity contribution in [2.45, 2.75) is 12.5 Å². The molecule has 0 fully saturated rings. The van der Waals surface area contributed by atoms with Crippen LogP contribution in [-0.4, -0.2) is 16.2 Å². The molecule has 2 aliphatic heterocycles. The third-order valence-corrected chi connectivity index (χ3v) is 5.91. The van der Waals surface area contributed by atoms with E-state index in [2.05, 4.69) is 12.1 Å². The van der Waals surface area contributed by atoms with E-state index in [1.54, 1.807) is 18.2 Å². The van der Waals surface area contributed by atoms with Crippen molar-refractivity contribution < 1.29 is 24.5 Å². The van der Waals surface area contributed by atoms with E-state index < -0.39 is 11.6 Å². The lowest BCUT2D eigenvalue weighted by atomic mass is 9.77. The first-order chi connectivity index (χ1) is 14.5. The van der Waals surface area contributed by atoms with Crippen molar-refractivity contribution in [2.75, 3.05) is 0 Å². The van der Waals surface area contributed by atoms with Gasteiger partial charge in [-0.1, -0.05) is 30.3 Å². The largest absolute Gasteiger partial charge is 0.507 e. The van der Waals surface area contributed by atoms with Gasteiger partial charge in [0.1, 0.15) is 23.0 Å². The minimum atomic E-state index is -1.21. The van der Waals surface area contributed by atoms with E-state index in [0.29, 0.717) is 44.4 Å². The van der Waals surface area contributed by atoms with E-state index in [4.69, 9.17) is 9.47 Å². The number of ether oxygens (including phenoxy) is 2. The van der Waals surface area contributed by atoms with E-state index in [9.17, 15) is 15.0 Å². The monoisotopic (exact) mass is 394 g/mol. The van der Waals surface area contributed by atoms with Crippen LogP contribution in [0.25, 0.3) is 21.5 Å². The molecule has 0 amide bonds. The molecule has 0 aliphatic carbocycles. The molecule has 2 heterocycles. The number of benzene rings is 3. The van der Waals surface area contributed by atoms with Gasteiger partial charge in [0, 0.05) is 28.7 Å². The van der Waals surface area contributed by atoms with Crippen LogP contribution in [0, 0.1) is 12.1 Å². The first kappa shape index (κ1) is 16.8. The lowest BCUT2D eigenvalue weighted by Gasteiger charge is -2.38. The van der Waals surface area contributed by atoms with Crippen LogP contribution in [0.1, 0.15) is 18.1 Å². The van der Waals surface area contributed by atoms with E-state index in [1.807, 2.05) is 31.2 Å². The van der Waals surface area contributed by atoms with Crippen molar-refractivity contribution >= 4 is 27.5 Å². The molecule has 1 atom stereocenters. The first-order valence-electron chi connectivity index (χ1n) is 9.44. The number of phenolic OH excluding ortho intramolecular Hbond substituents is 1. The molecule has 2 N–H and O–H groups in total. The molecule has 0 saturated heterocycles. The molecule has 0 aromatic heterocycles. The quantitative estimate of drug-likeness (QED) is 0.417. The van der Waals surface area contributed by atoms with Gasteiger partial charge in [-0.3, -0.25) is 0 Å². The van der Waals surface area contributed by atoms with Gasteiger partial charge in [0.25, 0.3) is 0 Å². The number of hydrogen-bond acceptors (Lipinski definition) is 5. The van der Waals surface area contributed by atoms with Crippen LogP contribution in [0.2, 0.25) is 0 Å². The third-order valence-electron chi connectivity index (χ3n) is 5.91. The zero-order valence-electron chi connectivity index (χ0n) is 15.8. The predicted molar refractivity (Wildman–Crippen MR) is 110 cm³/mol. The Morgan fingerprint density at radius 2 is 1.70 bits per heavy atom. The molecule has 4 aromatic carbocycles. The van der Waals surface area contributed by atoms with Gasteiger partial charge in [0.15, 0.2) is 5.60 Å². The first-order valence-corrected chi connectivity index (χ1v) is 9.44. The number of esters is 1. The van der Waals surface area contributed by atoms with Gasteiger partial charge in [-0.2, -0.15) is 0 Å². The average molecular weight is 394 g/mol. The molecule has 0 radical (unpaired) electrons. The Bertz CT molecular complexity index is 1360. The Kier molecular flexibility index (Phi) is 3.05. The van der Waals surface area contributed by atoms with Gasteiger partial charge < -0.3 is 19.7 Å². The summed E-state index contributed by atoms with van der Waals surface area (Å²) < 4.78 is 12.3. The summed E-state index contributed by atoms with van der Waals surface area (Å²) in [5.41, 5.74) is 0.704. The van der Waals surface area contributed by atoms with Crippen LogP contribution < -0.4 is 4.74 Å². The fraction of sp³-hybridized carbons (Fsp3) is 0.0800. The fourth-order valence-corrected chi connectivity index (χ4v) is 4.61. The lowest BCUT2D eigenvalue weighted by molar-refractivity contribution is -0.144. The molecule has 6 rings (SSSR count). The number of carbonyl (C=O) groups excluding carboxylic acids is 1. The van der Waals surface area contributed by atoms with Crippen molar-refractivity contribution in [1.82, 2.24) is 0 Å². The van der Waals surface area contributed by atoms with Crippen molar-refractivity contribution in [1.29, 1.82) is 0 Å². The number of phenols is 1. The zero-order chi connectivity index (χ0) is 20.6. The SMILES string of the molecule is CC1=CC(=O)OC12c1ccc3c#ccc(O)c3c1Oc1c2ccc2cccc(O)c12. The second-order valence-electron chi connectivity index (χ2n) is 7.51. The molecular weight excluding hydrogens is 380 g/mol. The Hall–Kier alpha value is -4.17. The number of hydrogen-bond donors (Lipinski definition) is 2. The maximum atomic E-state index is 12.4. The molecule has 0 saturated carbocycles. The van der Waals surface area contributed by atoms with Crippen LogP contribution in [0.15, 0.2) is 60.2 Å². The second-order valence-corrected chi connectivity index (χ2v) is 7.51. The summed E-state index contributed by atoms with van der Waals surface area (Å²) in [6.07, 6.45) is 1.46. The van der Waals surface area contributed by atoms with Crippen molar-refractivity contribution in [2.24, 2.45) is 0 Å². The summed E-state index contributed by atoms with van der Waals surface area (Å²) in [5.74, 6) is 0.329. The summed E-state index contributed by atoms with van der Waals surface area (Å²) in [5, 5.41) is 23.6. The van der Waals surface area contributed by atoms with Gasteiger partial charge in [-0.25, -0.2) is 4.79 Å². The molecule has 2 aliphatic rings. The van der Waals surface area contributed by atoms with E-state index in [-0.39, 0.29) is 11.5 Å². The zero-order valence-corrected chi connectivity index (χ0v) is 15.8. The highest BCUT2D eigenvalue weighted by molar-refractivity contribution is 6.01. The number of rotatable bonds is 0. The van der Waals surface area contributed by atoms with E-state index in [1.165, 1.54) is 12.1 Å². The smallest absolute Gasteiger partial charge is 0.332 e. The maximum Gasteiger partial charge on any atom is 0.332 e. The molecular formula is C25H14O5. The van der Waals surface area contributed by atoms with E-state index in [0.717, 1.165) is 5.39 Å². The normalized spacial score (nSPS) is 15.9. The van der Waals surface area contributed by atoms with Crippen molar-refractivity contribution in [3.63, 3.8) is 0 Å². The molecule has 4 aromatic rings. The Morgan fingerprint density at radius 3 is 2.47 bits per heavy atom. The summed E-state index contributed by atoms with van der Waals surface area (Å²) in [6, 6.07) is 19.7. The molecule has 144 valence electrons. The standard InChI is InChI=1S/C25H14O5/c1-13-12-20(28)30-25(13)16-10-8-14-4-2-6-18(26)21(14)23(16)29-24-17(25)11-9-15-5-3-7-19(27)22(15)24/h2,4,6-12,26-27H,1H3. The molecule has 0 bridgehead atoms. The van der Waals surface area contributed by atoms with Gasteiger partial charge in [0.05, 0.1) is 10.8 Å². The minimum Gasteiger partial charge on any atom is -0.507 e. The topological polar surface area (TPSA) is 76.0 Å². The predicted octanol–water partition coefficient (Wildman–Crippen LogP) is 4.86. The van der Waals surface area contributed by atoms with Crippen LogP contribution in [0.3, 0.4) is 0 Å². The Balaban J connectivity index is 1.81. The number of carbonyl (C=O) groups is 1. The highest BCUT2D eigenvalue weighted by atomic mass is 16.6. The Morgan fingerprint density at radius 1 is 0.933 bits per heavy atom. The highest BCUT2D eigenvalue weighted by Gasteiger charge is 2.51. The van der Waals surface area contributed by atoms with Gasteiger partial charge in [0.2, 0.25) is 0 Å². The van der Waals surface area contributed by atoms with Gasteiger partial charge in [-0.15, -0.1) is 0 Å². The minimum absolute atomic E-state index is 0.0189. The van der Waals surface area contributed by atoms with Crippen LogP contribution >= 0.6 is 0 Å². The third kappa shape index (κ3) is 1.90. The average Bonchev–Trinajstić information content (AvgIpc) is 3.02. The fourth-order valence-electron chi connectivity index (χ4n) is 4.61. The summed E-state index contributed by atoms with van der Waals surface area (Å²) >= 11 is 0. The molecule has 30 heavy (non-hydrogen) atoms. The van der Waals surface area contributed by atoms with Crippen LogP contribution in [-0.2, 0) is 15.1 Å². The van der Waals surface area contributed by atoms with E-state index >= 15 is 0 Å². The van der Waals surface area contributed by atoms with Gasteiger partial charge >= 0.3 is 5.97 Å². The molecule has 1 unspecified atom stereocenters. The summed E-state index contributed by atoms with van der Waals surface area (Å²) in [4.78, 5) is 12.4. The maximum absolute atomic E-state index is 12.4. The second kappa shape index (κ2) is 5.46. The number of fused-ring (bicyclic) bond motifs is 8.